The molecule has 0 fully saturated rings. The van der Waals surface area contributed by atoms with Crippen LogP contribution in [0.2, 0.25) is 0 Å². The normalized spacial score (nSPS) is 12.7. The first-order chi connectivity index (χ1) is 17.4. The Kier molecular flexibility index (Phi) is 10.2. The van der Waals surface area contributed by atoms with Gasteiger partial charge in [-0.05, 0) is 49.5 Å². The van der Waals surface area contributed by atoms with E-state index in [0.717, 1.165) is 35.4 Å². The van der Waals surface area contributed by atoms with Gasteiger partial charge in [-0.1, -0.05) is 72.0 Å². The number of carbonyl (C=O) groups is 2. The summed E-state index contributed by atoms with van der Waals surface area (Å²) < 4.78 is 0. The molecule has 2 aromatic carbocycles. The zero-order chi connectivity index (χ0) is 25.8. The van der Waals surface area contributed by atoms with Crippen LogP contribution >= 0.6 is 11.3 Å². The summed E-state index contributed by atoms with van der Waals surface area (Å²) in [5.41, 5.74) is 14.5. The number of rotatable bonds is 12. The molecule has 3 aromatic rings. The molecule has 0 radical (unpaired) electrons. The van der Waals surface area contributed by atoms with Crippen LogP contribution in [0.4, 0.5) is 5.13 Å². The number of carbonyl (C=O) groups excluding carboxylic acids is 2. The number of amides is 2. The minimum atomic E-state index is -0.270. The molecule has 6 N–H and O–H groups in total. The van der Waals surface area contributed by atoms with Crippen molar-refractivity contribution in [2.45, 2.75) is 44.9 Å². The van der Waals surface area contributed by atoms with Crippen molar-refractivity contribution in [1.82, 2.24) is 15.5 Å². The van der Waals surface area contributed by atoms with E-state index in [1.165, 1.54) is 11.3 Å². The highest BCUT2D eigenvalue weighted by Crippen LogP contribution is 2.21. The third-order valence-electron chi connectivity index (χ3n) is 5.46. The molecule has 3 rings (SSSR count). The number of nitrogens with one attached hydrogen (secondary N) is 2. The SMILES string of the molecule is CC(C(=O)Nc1nnc(CCCC/C(N)=C/C=C(\N)NC(=O)Cc2ccccc2)s1)c1ccccc1. The smallest absolute Gasteiger partial charge is 0.233 e. The second-order valence-electron chi connectivity index (χ2n) is 8.40. The van der Waals surface area contributed by atoms with Crippen molar-refractivity contribution in [3.05, 3.63) is 100 Å². The number of benzene rings is 2. The Morgan fingerprint density at radius 1 is 0.972 bits per heavy atom. The number of nitrogens with zero attached hydrogens (tertiary/aromatic N) is 2. The second kappa shape index (κ2) is 13.8. The number of allylic oxidation sites excluding steroid dienone is 3. The van der Waals surface area contributed by atoms with E-state index in [0.29, 0.717) is 17.2 Å². The third kappa shape index (κ3) is 8.99. The first kappa shape index (κ1) is 26.6. The van der Waals surface area contributed by atoms with Crippen LogP contribution in [0.1, 0.15) is 48.2 Å². The molecule has 0 saturated heterocycles. The lowest BCUT2D eigenvalue weighted by atomic mass is 10.0. The van der Waals surface area contributed by atoms with Crippen LogP contribution in [0.15, 0.2) is 84.3 Å². The van der Waals surface area contributed by atoms with Crippen LogP contribution < -0.4 is 22.1 Å². The molecular formula is C27H32N6O2S. The number of anilines is 1. The van der Waals surface area contributed by atoms with Crippen LogP contribution in [0, 0.1) is 0 Å². The van der Waals surface area contributed by atoms with E-state index < -0.39 is 0 Å². The molecule has 0 bridgehead atoms. The van der Waals surface area contributed by atoms with E-state index in [1.54, 1.807) is 12.2 Å². The molecule has 0 aliphatic rings. The summed E-state index contributed by atoms with van der Waals surface area (Å²) in [5, 5.41) is 15.2. The maximum atomic E-state index is 12.5. The Morgan fingerprint density at radius 3 is 2.39 bits per heavy atom. The van der Waals surface area contributed by atoms with E-state index in [2.05, 4.69) is 20.8 Å². The molecule has 2 amide bonds. The van der Waals surface area contributed by atoms with Crippen molar-refractivity contribution < 1.29 is 9.59 Å². The fraction of sp³-hybridized carbons (Fsp3) is 0.259. The molecule has 1 atom stereocenters. The average molecular weight is 505 g/mol. The zero-order valence-electron chi connectivity index (χ0n) is 20.3. The van der Waals surface area contributed by atoms with Crippen molar-refractivity contribution in [3.63, 3.8) is 0 Å². The van der Waals surface area contributed by atoms with Gasteiger partial charge in [-0.2, -0.15) is 0 Å². The maximum Gasteiger partial charge on any atom is 0.233 e. The summed E-state index contributed by atoms with van der Waals surface area (Å²) in [5.74, 6) is -0.299. The minimum absolute atomic E-state index is 0.106. The molecule has 0 saturated carbocycles. The number of aromatic nitrogens is 2. The van der Waals surface area contributed by atoms with Crippen molar-refractivity contribution in [2.24, 2.45) is 11.5 Å². The van der Waals surface area contributed by atoms with Gasteiger partial charge in [0.25, 0.3) is 0 Å². The number of hydrogen-bond donors (Lipinski definition) is 4. The first-order valence-electron chi connectivity index (χ1n) is 11.8. The van der Waals surface area contributed by atoms with Gasteiger partial charge in [0, 0.05) is 12.1 Å². The largest absolute Gasteiger partial charge is 0.402 e. The van der Waals surface area contributed by atoms with E-state index in [-0.39, 0.29) is 30.0 Å². The molecule has 188 valence electrons. The summed E-state index contributed by atoms with van der Waals surface area (Å²) in [6.45, 7) is 1.87. The van der Waals surface area contributed by atoms with Gasteiger partial charge in [0.15, 0.2) is 0 Å². The predicted molar refractivity (Wildman–Crippen MR) is 144 cm³/mol. The maximum absolute atomic E-state index is 12.5. The topological polar surface area (TPSA) is 136 Å². The van der Waals surface area contributed by atoms with Crippen molar-refractivity contribution in [3.8, 4) is 0 Å². The van der Waals surface area contributed by atoms with Crippen LogP contribution in [-0.2, 0) is 22.4 Å². The summed E-state index contributed by atoms with van der Waals surface area (Å²) in [6, 6.07) is 19.1. The van der Waals surface area contributed by atoms with Gasteiger partial charge in [0.05, 0.1) is 12.3 Å². The van der Waals surface area contributed by atoms with Crippen LogP contribution in [0.25, 0.3) is 0 Å². The van der Waals surface area contributed by atoms with E-state index in [4.69, 9.17) is 11.5 Å². The molecule has 0 aliphatic heterocycles. The summed E-state index contributed by atoms with van der Waals surface area (Å²) in [7, 11) is 0. The highest BCUT2D eigenvalue weighted by Gasteiger charge is 2.16. The molecule has 1 heterocycles. The molecule has 9 heteroatoms. The van der Waals surface area contributed by atoms with Crippen LogP contribution in [-0.4, -0.2) is 22.0 Å². The fourth-order valence-electron chi connectivity index (χ4n) is 3.43. The van der Waals surface area contributed by atoms with E-state index >= 15 is 0 Å². The Hall–Kier alpha value is -3.98. The van der Waals surface area contributed by atoms with Gasteiger partial charge in [0.2, 0.25) is 16.9 Å². The van der Waals surface area contributed by atoms with E-state index in [1.807, 2.05) is 67.6 Å². The fourth-order valence-corrected chi connectivity index (χ4v) is 4.21. The zero-order valence-corrected chi connectivity index (χ0v) is 21.1. The van der Waals surface area contributed by atoms with Gasteiger partial charge >= 0.3 is 0 Å². The Balaban J connectivity index is 1.36. The Labute approximate surface area is 215 Å². The number of aryl methyl sites for hydroxylation is 1. The molecule has 36 heavy (non-hydrogen) atoms. The van der Waals surface area contributed by atoms with Crippen molar-refractivity contribution in [1.29, 1.82) is 0 Å². The average Bonchev–Trinajstić information content (AvgIpc) is 3.33. The van der Waals surface area contributed by atoms with Crippen molar-refractivity contribution in [2.75, 3.05) is 5.32 Å². The van der Waals surface area contributed by atoms with Gasteiger partial charge in [-0.3, -0.25) is 9.59 Å². The third-order valence-corrected chi connectivity index (χ3v) is 6.36. The molecule has 8 nitrogen and oxygen atoms in total. The molecule has 1 aromatic heterocycles. The lowest BCUT2D eigenvalue weighted by Gasteiger charge is -2.10. The molecule has 0 aliphatic carbocycles. The highest BCUT2D eigenvalue weighted by molar-refractivity contribution is 7.15. The number of unbranched alkanes of at least 4 members (excludes halogenated alkanes) is 1. The quantitative estimate of drug-likeness (QED) is 0.217. The van der Waals surface area contributed by atoms with Gasteiger partial charge in [0.1, 0.15) is 10.8 Å². The molecule has 0 spiro atoms. The minimum Gasteiger partial charge on any atom is -0.402 e. The summed E-state index contributed by atoms with van der Waals surface area (Å²) in [4.78, 5) is 24.5. The number of nitrogens with two attached hydrogens (primary N) is 2. The van der Waals surface area contributed by atoms with Crippen molar-refractivity contribution >= 4 is 28.3 Å². The van der Waals surface area contributed by atoms with Gasteiger partial charge in [-0.15, -0.1) is 10.2 Å². The predicted octanol–water partition coefficient (Wildman–Crippen LogP) is 3.99. The second-order valence-corrected chi connectivity index (χ2v) is 9.47. The summed E-state index contributed by atoms with van der Waals surface area (Å²) >= 11 is 1.39. The Morgan fingerprint density at radius 2 is 1.67 bits per heavy atom. The monoisotopic (exact) mass is 504 g/mol. The van der Waals surface area contributed by atoms with Gasteiger partial charge < -0.3 is 22.1 Å². The highest BCUT2D eigenvalue weighted by atomic mass is 32.1. The number of hydrogen-bond acceptors (Lipinski definition) is 7. The van der Waals surface area contributed by atoms with Crippen LogP contribution in [0.3, 0.4) is 0 Å². The molecule has 1 unspecified atom stereocenters. The van der Waals surface area contributed by atoms with Gasteiger partial charge in [-0.25, -0.2) is 0 Å². The van der Waals surface area contributed by atoms with E-state index in [9.17, 15) is 9.59 Å². The molecular weight excluding hydrogens is 472 g/mol. The van der Waals surface area contributed by atoms with Crippen LogP contribution in [0.5, 0.6) is 0 Å². The summed E-state index contributed by atoms with van der Waals surface area (Å²) in [6.07, 6.45) is 6.77. The lowest BCUT2D eigenvalue weighted by molar-refractivity contribution is -0.120. The first-order valence-corrected chi connectivity index (χ1v) is 12.7. The Bertz CT molecular complexity index is 1190. The lowest BCUT2D eigenvalue weighted by Crippen LogP contribution is -2.28. The standard InChI is InChI=1S/C27H32N6O2S/c1-19(21-12-6-3-7-13-21)26(35)31-27-33-32-25(36-27)15-9-8-14-22(28)16-17-23(29)30-24(34)18-20-10-4-2-5-11-20/h2-7,10-13,16-17,19H,8-9,14-15,18,28-29H2,1H3,(H,30,34)(H,31,33,35)/b22-16-,23-17+.